The third-order valence-electron chi connectivity index (χ3n) is 6.89. The maximum Gasteiger partial charge on any atom is 0.254 e. The van der Waals surface area contributed by atoms with Gasteiger partial charge in [-0.2, -0.15) is 0 Å². The first-order chi connectivity index (χ1) is 15.3. The molecule has 0 radical (unpaired) electrons. The lowest BCUT2D eigenvalue weighted by Crippen LogP contribution is -2.32. The first kappa shape index (κ1) is 20.2. The summed E-state index contributed by atoms with van der Waals surface area (Å²) in [6, 6.07) is 18.8. The van der Waals surface area contributed by atoms with Gasteiger partial charge in [0.25, 0.3) is 5.91 Å². The number of nitrogens with zero attached hydrogens (tertiary/aromatic N) is 3. The number of fused-ring (bicyclic) bond motifs is 1. The highest BCUT2D eigenvalue weighted by molar-refractivity contribution is 5.96. The van der Waals surface area contributed by atoms with E-state index in [0.29, 0.717) is 5.92 Å². The number of amides is 1. The summed E-state index contributed by atoms with van der Waals surface area (Å²) in [6.07, 6.45) is 7.78. The minimum atomic E-state index is 0.200. The standard InChI is InChI=1S/C27H31N3O/c31-27(25-12-3-2-8-24(25)20-29-15-4-1-5-16-29)30-17-13-21(19-30)18-23-10-6-9-22-11-7-14-28-26(22)23/h2-3,6-12,14,21H,1,4-5,13,15-20H2/t21-/m0/s1. The van der Waals surface area contributed by atoms with Crippen molar-refractivity contribution in [3.63, 3.8) is 0 Å². The number of likely N-dealkylation sites (tertiary alicyclic amines) is 2. The topological polar surface area (TPSA) is 36.4 Å². The first-order valence-corrected chi connectivity index (χ1v) is 11.7. The summed E-state index contributed by atoms with van der Waals surface area (Å²) in [5, 5.41) is 1.19. The molecule has 3 aromatic rings. The summed E-state index contributed by atoms with van der Waals surface area (Å²) in [4.78, 5) is 22.6. The molecule has 4 heteroatoms. The van der Waals surface area contributed by atoms with Crippen LogP contribution in [0.1, 0.15) is 47.2 Å². The van der Waals surface area contributed by atoms with E-state index in [0.717, 1.165) is 56.6 Å². The van der Waals surface area contributed by atoms with Gasteiger partial charge in [0.05, 0.1) is 5.52 Å². The lowest BCUT2D eigenvalue weighted by Gasteiger charge is -2.27. The number of rotatable bonds is 5. The van der Waals surface area contributed by atoms with Crippen molar-refractivity contribution in [1.29, 1.82) is 0 Å². The monoisotopic (exact) mass is 413 g/mol. The molecule has 2 aliphatic heterocycles. The van der Waals surface area contributed by atoms with E-state index in [9.17, 15) is 4.79 Å². The normalized spacial score (nSPS) is 19.7. The molecule has 31 heavy (non-hydrogen) atoms. The molecule has 4 nitrogen and oxygen atoms in total. The number of pyridine rings is 1. The van der Waals surface area contributed by atoms with Gasteiger partial charge in [0.15, 0.2) is 0 Å². The van der Waals surface area contributed by atoms with Gasteiger partial charge in [-0.05, 0) is 68.0 Å². The Labute approximate surface area is 184 Å². The smallest absolute Gasteiger partial charge is 0.254 e. The lowest BCUT2D eigenvalue weighted by atomic mass is 9.96. The summed E-state index contributed by atoms with van der Waals surface area (Å²) >= 11 is 0. The van der Waals surface area contributed by atoms with Crippen molar-refractivity contribution in [3.05, 3.63) is 77.5 Å². The molecule has 2 fully saturated rings. The Hall–Kier alpha value is -2.72. The molecule has 2 saturated heterocycles. The molecular formula is C27H31N3O. The molecule has 0 spiro atoms. The maximum atomic E-state index is 13.4. The van der Waals surface area contributed by atoms with Crippen LogP contribution in [-0.2, 0) is 13.0 Å². The highest BCUT2D eigenvalue weighted by Crippen LogP contribution is 2.27. The Bertz CT molecular complexity index is 1050. The van der Waals surface area contributed by atoms with Crippen LogP contribution in [0.25, 0.3) is 10.9 Å². The molecule has 0 aliphatic carbocycles. The highest BCUT2D eigenvalue weighted by atomic mass is 16.2. The predicted octanol–water partition coefficient (Wildman–Crippen LogP) is 4.93. The molecule has 0 N–H and O–H groups in total. The SMILES string of the molecule is O=C(c1ccccc1CN1CCCCC1)N1CC[C@@H](Cc2cccc3cccnc23)C1. The van der Waals surface area contributed by atoms with Crippen LogP contribution in [0.5, 0.6) is 0 Å². The van der Waals surface area contributed by atoms with E-state index in [1.54, 1.807) is 0 Å². The quantitative estimate of drug-likeness (QED) is 0.595. The second kappa shape index (κ2) is 9.19. The zero-order chi connectivity index (χ0) is 21.0. The van der Waals surface area contributed by atoms with E-state index >= 15 is 0 Å². The van der Waals surface area contributed by atoms with Crippen LogP contribution in [0.15, 0.2) is 60.8 Å². The van der Waals surface area contributed by atoms with Crippen molar-refractivity contribution >= 4 is 16.8 Å². The van der Waals surface area contributed by atoms with E-state index in [1.165, 1.54) is 35.8 Å². The summed E-state index contributed by atoms with van der Waals surface area (Å²) < 4.78 is 0. The molecule has 3 heterocycles. The van der Waals surface area contributed by atoms with Crippen molar-refractivity contribution in [2.75, 3.05) is 26.2 Å². The average Bonchev–Trinajstić information content (AvgIpc) is 3.28. The summed E-state index contributed by atoms with van der Waals surface area (Å²) in [5.41, 5.74) is 4.46. The minimum absolute atomic E-state index is 0.200. The van der Waals surface area contributed by atoms with E-state index in [4.69, 9.17) is 0 Å². The number of benzene rings is 2. The van der Waals surface area contributed by atoms with E-state index in [-0.39, 0.29) is 5.91 Å². The Morgan fingerprint density at radius 3 is 2.61 bits per heavy atom. The lowest BCUT2D eigenvalue weighted by molar-refractivity contribution is 0.0784. The van der Waals surface area contributed by atoms with Crippen LogP contribution < -0.4 is 0 Å². The fraction of sp³-hybridized carbons (Fsp3) is 0.407. The largest absolute Gasteiger partial charge is 0.338 e. The Morgan fingerprint density at radius 1 is 0.903 bits per heavy atom. The molecule has 5 rings (SSSR count). The number of carbonyl (C=O) groups excluding carboxylic acids is 1. The van der Waals surface area contributed by atoms with Crippen molar-refractivity contribution in [1.82, 2.24) is 14.8 Å². The minimum Gasteiger partial charge on any atom is -0.338 e. The van der Waals surface area contributed by atoms with Gasteiger partial charge < -0.3 is 4.90 Å². The number of aromatic nitrogens is 1. The zero-order valence-corrected chi connectivity index (χ0v) is 18.2. The molecule has 1 atom stereocenters. The van der Waals surface area contributed by atoms with Crippen molar-refractivity contribution in [2.24, 2.45) is 5.92 Å². The molecule has 0 saturated carbocycles. The molecule has 2 aromatic carbocycles. The summed E-state index contributed by atoms with van der Waals surface area (Å²) in [7, 11) is 0. The molecular weight excluding hydrogens is 382 g/mol. The third kappa shape index (κ3) is 4.49. The van der Waals surface area contributed by atoms with E-state index in [1.807, 2.05) is 24.4 Å². The van der Waals surface area contributed by atoms with Crippen molar-refractivity contribution < 1.29 is 4.79 Å². The Balaban J connectivity index is 1.27. The van der Waals surface area contributed by atoms with Gasteiger partial charge in [0, 0.05) is 36.8 Å². The second-order valence-corrected chi connectivity index (χ2v) is 9.10. The van der Waals surface area contributed by atoms with Gasteiger partial charge in [-0.1, -0.05) is 48.9 Å². The number of hydrogen-bond acceptors (Lipinski definition) is 3. The van der Waals surface area contributed by atoms with Gasteiger partial charge in [-0.3, -0.25) is 14.7 Å². The third-order valence-corrected chi connectivity index (χ3v) is 6.89. The van der Waals surface area contributed by atoms with Crippen LogP contribution in [0.2, 0.25) is 0 Å². The summed E-state index contributed by atoms with van der Waals surface area (Å²) in [5.74, 6) is 0.692. The average molecular weight is 414 g/mol. The first-order valence-electron chi connectivity index (χ1n) is 11.7. The highest BCUT2D eigenvalue weighted by Gasteiger charge is 2.28. The van der Waals surface area contributed by atoms with Crippen LogP contribution >= 0.6 is 0 Å². The Morgan fingerprint density at radius 2 is 1.71 bits per heavy atom. The second-order valence-electron chi connectivity index (χ2n) is 9.10. The molecule has 160 valence electrons. The number of hydrogen-bond donors (Lipinski definition) is 0. The van der Waals surface area contributed by atoms with Crippen LogP contribution in [-0.4, -0.2) is 46.9 Å². The fourth-order valence-electron chi connectivity index (χ4n) is 5.22. The van der Waals surface area contributed by atoms with Crippen molar-refractivity contribution in [2.45, 2.75) is 38.6 Å². The molecule has 0 unspecified atom stereocenters. The Kier molecular flexibility index (Phi) is 5.99. The predicted molar refractivity (Wildman–Crippen MR) is 125 cm³/mol. The van der Waals surface area contributed by atoms with Gasteiger partial charge in [-0.15, -0.1) is 0 Å². The van der Waals surface area contributed by atoms with Gasteiger partial charge in [0.2, 0.25) is 0 Å². The number of piperidine rings is 1. The maximum absolute atomic E-state index is 13.4. The van der Waals surface area contributed by atoms with Crippen LogP contribution in [0.3, 0.4) is 0 Å². The van der Waals surface area contributed by atoms with E-state index in [2.05, 4.69) is 51.2 Å². The fourth-order valence-corrected chi connectivity index (χ4v) is 5.22. The molecule has 1 amide bonds. The van der Waals surface area contributed by atoms with Crippen molar-refractivity contribution in [3.8, 4) is 0 Å². The molecule has 2 aliphatic rings. The number of carbonyl (C=O) groups is 1. The molecule has 1 aromatic heterocycles. The molecule has 0 bridgehead atoms. The summed E-state index contributed by atoms with van der Waals surface area (Å²) in [6.45, 7) is 4.86. The van der Waals surface area contributed by atoms with Gasteiger partial charge in [-0.25, -0.2) is 0 Å². The zero-order valence-electron chi connectivity index (χ0n) is 18.2. The van der Waals surface area contributed by atoms with E-state index < -0.39 is 0 Å². The number of para-hydroxylation sites is 1. The van der Waals surface area contributed by atoms with Crippen LogP contribution in [0, 0.1) is 5.92 Å². The van der Waals surface area contributed by atoms with Crippen LogP contribution in [0.4, 0.5) is 0 Å². The van der Waals surface area contributed by atoms with Gasteiger partial charge in [0.1, 0.15) is 0 Å². The van der Waals surface area contributed by atoms with Gasteiger partial charge >= 0.3 is 0 Å².